The fraction of sp³-hybridized carbons (Fsp3) is 0.500. The minimum Gasteiger partial charge on any atom is -0.357 e. The van der Waals surface area contributed by atoms with Crippen LogP contribution in [-0.2, 0) is 20.8 Å². The van der Waals surface area contributed by atoms with Gasteiger partial charge in [-0.2, -0.15) is 0 Å². The van der Waals surface area contributed by atoms with Gasteiger partial charge >= 0.3 is 0 Å². The summed E-state index contributed by atoms with van der Waals surface area (Å²) in [5, 5.41) is 6.96. The van der Waals surface area contributed by atoms with Crippen LogP contribution in [0.1, 0.15) is 19.0 Å². The Balaban J connectivity index is 0.000000140. The SMILES string of the molecule is CC1CC2(CN1)OCCO2.O=CNCc1cc2cnccc2[nH]1. The summed E-state index contributed by atoms with van der Waals surface area (Å²) in [6.45, 7) is 5.05. The Morgan fingerprint density at radius 2 is 2.30 bits per heavy atom. The maximum atomic E-state index is 10.1. The van der Waals surface area contributed by atoms with E-state index in [1.54, 1.807) is 12.4 Å². The van der Waals surface area contributed by atoms with Crippen molar-refractivity contribution in [2.75, 3.05) is 19.8 Å². The van der Waals surface area contributed by atoms with Crippen LogP contribution >= 0.6 is 0 Å². The maximum absolute atomic E-state index is 10.1. The van der Waals surface area contributed by atoms with Crippen LogP contribution in [0.2, 0.25) is 0 Å². The Labute approximate surface area is 134 Å². The second kappa shape index (κ2) is 7.08. The molecule has 4 rings (SSSR count). The van der Waals surface area contributed by atoms with Crippen molar-refractivity contribution in [2.24, 2.45) is 0 Å². The van der Waals surface area contributed by atoms with Crippen molar-refractivity contribution < 1.29 is 14.3 Å². The van der Waals surface area contributed by atoms with Crippen LogP contribution < -0.4 is 10.6 Å². The Morgan fingerprint density at radius 3 is 2.96 bits per heavy atom. The average Bonchev–Trinajstić information content (AvgIpc) is 3.27. The second-order valence-corrected chi connectivity index (χ2v) is 5.85. The fourth-order valence-corrected chi connectivity index (χ4v) is 2.94. The molecule has 7 nitrogen and oxygen atoms in total. The predicted octanol–water partition coefficient (Wildman–Crippen LogP) is 0.920. The number of nitrogens with zero attached hydrogens (tertiary/aromatic N) is 1. The first-order chi connectivity index (χ1) is 11.2. The molecule has 1 unspecified atom stereocenters. The number of pyridine rings is 1. The highest BCUT2D eigenvalue weighted by molar-refractivity contribution is 5.79. The number of ether oxygens (including phenoxy) is 2. The Bertz CT molecular complexity index is 619. The van der Waals surface area contributed by atoms with Gasteiger partial charge in [-0.25, -0.2) is 0 Å². The smallest absolute Gasteiger partial charge is 0.207 e. The lowest BCUT2D eigenvalue weighted by Gasteiger charge is -2.19. The van der Waals surface area contributed by atoms with Crippen molar-refractivity contribution >= 4 is 17.3 Å². The highest BCUT2D eigenvalue weighted by Gasteiger charge is 2.42. The van der Waals surface area contributed by atoms with Gasteiger partial charge in [0.1, 0.15) is 0 Å². The molecule has 1 amide bonds. The first kappa shape index (κ1) is 15.9. The van der Waals surface area contributed by atoms with Crippen LogP contribution in [0.15, 0.2) is 24.5 Å². The lowest BCUT2D eigenvalue weighted by atomic mass is 10.2. The van der Waals surface area contributed by atoms with Gasteiger partial charge in [-0.05, 0) is 19.1 Å². The van der Waals surface area contributed by atoms with E-state index in [-0.39, 0.29) is 5.79 Å². The van der Waals surface area contributed by atoms with Crippen LogP contribution in [0.5, 0.6) is 0 Å². The van der Waals surface area contributed by atoms with Crippen LogP contribution in [-0.4, -0.2) is 48.0 Å². The van der Waals surface area contributed by atoms with E-state index in [0.29, 0.717) is 19.0 Å². The minimum atomic E-state index is -0.251. The summed E-state index contributed by atoms with van der Waals surface area (Å²) >= 11 is 0. The Hall–Kier alpha value is -1.96. The second-order valence-electron chi connectivity index (χ2n) is 5.85. The Kier molecular flexibility index (Phi) is 4.90. The molecular formula is C16H22N4O3. The molecule has 2 aromatic rings. The number of fused-ring (bicyclic) bond motifs is 1. The molecule has 23 heavy (non-hydrogen) atoms. The van der Waals surface area contributed by atoms with E-state index < -0.39 is 0 Å². The summed E-state index contributed by atoms with van der Waals surface area (Å²) in [7, 11) is 0. The summed E-state index contributed by atoms with van der Waals surface area (Å²) in [5.74, 6) is -0.251. The number of amides is 1. The van der Waals surface area contributed by atoms with E-state index in [4.69, 9.17) is 9.47 Å². The van der Waals surface area contributed by atoms with Crippen molar-refractivity contribution in [1.29, 1.82) is 0 Å². The number of carbonyl (C=O) groups is 1. The van der Waals surface area contributed by atoms with Crippen molar-refractivity contribution in [3.8, 4) is 0 Å². The Morgan fingerprint density at radius 1 is 1.48 bits per heavy atom. The fourth-order valence-electron chi connectivity index (χ4n) is 2.94. The number of H-pyrrole nitrogens is 1. The number of nitrogens with one attached hydrogen (secondary N) is 3. The molecule has 2 saturated heterocycles. The first-order valence-electron chi connectivity index (χ1n) is 7.81. The molecule has 3 N–H and O–H groups in total. The van der Waals surface area contributed by atoms with Gasteiger partial charge in [0.05, 0.1) is 26.3 Å². The average molecular weight is 318 g/mol. The predicted molar refractivity (Wildman–Crippen MR) is 85.7 cm³/mol. The van der Waals surface area contributed by atoms with Gasteiger partial charge in [-0.15, -0.1) is 0 Å². The molecule has 2 aliphatic heterocycles. The monoisotopic (exact) mass is 318 g/mol. The van der Waals surface area contributed by atoms with E-state index in [9.17, 15) is 4.79 Å². The van der Waals surface area contributed by atoms with Crippen molar-refractivity contribution in [2.45, 2.75) is 31.7 Å². The van der Waals surface area contributed by atoms with Gasteiger partial charge in [-0.1, -0.05) is 0 Å². The van der Waals surface area contributed by atoms with Gasteiger partial charge < -0.3 is 25.1 Å². The summed E-state index contributed by atoms with van der Waals surface area (Å²) < 4.78 is 11.0. The zero-order chi connectivity index (χ0) is 16.1. The number of aromatic amines is 1. The summed E-state index contributed by atoms with van der Waals surface area (Å²) in [6.07, 6.45) is 5.20. The summed E-state index contributed by atoms with van der Waals surface area (Å²) in [5.41, 5.74) is 2.02. The lowest BCUT2D eigenvalue weighted by Crippen LogP contribution is -2.32. The number of rotatable bonds is 3. The minimum absolute atomic E-state index is 0.251. The maximum Gasteiger partial charge on any atom is 0.207 e. The largest absolute Gasteiger partial charge is 0.357 e. The summed E-state index contributed by atoms with van der Waals surface area (Å²) in [6, 6.07) is 4.41. The standard InChI is InChI=1S/C9H9N3O.C7H13NO2/c13-6-11-5-8-3-7-4-10-2-1-9(7)12-8;1-6-4-7(5-8-6)9-2-3-10-7/h1-4,6,12H,5H2,(H,11,13);6,8H,2-5H2,1H3. The highest BCUT2D eigenvalue weighted by Crippen LogP contribution is 2.28. The van der Waals surface area contributed by atoms with Crippen LogP contribution in [0.25, 0.3) is 10.9 Å². The van der Waals surface area contributed by atoms with Crippen molar-refractivity contribution in [3.63, 3.8) is 0 Å². The van der Waals surface area contributed by atoms with Gasteiger partial charge in [0.15, 0.2) is 5.79 Å². The molecule has 1 spiro atoms. The zero-order valence-corrected chi connectivity index (χ0v) is 13.2. The van der Waals surface area contributed by atoms with E-state index in [1.165, 1.54) is 0 Å². The molecule has 0 radical (unpaired) electrons. The van der Waals surface area contributed by atoms with Gasteiger partial charge in [0.25, 0.3) is 0 Å². The van der Waals surface area contributed by atoms with E-state index in [2.05, 4.69) is 27.5 Å². The van der Waals surface area contributed by atoms with Crippen LogP contribution in [0.3, 0.4) is 0 Å². The van der Waals surface area contributed by atoms with Gasteiger partial charge in [0, 0.05) is 41.5 Å². The molecule has 0 saturated carbocycles. The quantitative estimate of drug-likeness (QED) is 0.733. The van der Waals surface area contributed by atoms with E-state index in [1.807, 2.05) is 12.1 Å². The third-order valence-electron chi connectivity index (χ3n) is 4.00. The number of carbonyl (C=O) groups excluding carboxylic acids is 1. The highest BCUT2D eigenvalue weighted by atomic mass is 16.7. The van der Waals surface area contributed by atoms with Crippen LogP contribution in [0.4, 0.5) is 0 Å². The van der Waals surface area contributed by atoms with E-state index in [0.717, 1.165) is 42.8 Å². The molecule has 0 aliphatic carbocycles. The molecule has 2 aliphatic rings. The number of aromatic nitrogens is 2. The molecule has 124 valence electrons. The lowest BCUT2D eigenvalue weighted by molar-refractivity contribution is -0.140. The molecule has 0 bridgehead atoms. The first-order valence-corrected chi connectivity index (χ1v) is 7.81. The molecule has 2 fully saturated rings. The molecule has 7 heteroatoms. The molecule has 0 aromatic carbocycles. The number of hydrogen-bond donors (Lipinski definition) is 3. The zero-order valence-electron chi connectivity index (χ0n) is 13.2. The normalized spacial score (nSPS) is 22.0. The third kappa shape index (κ3) is 3.87. The van der Waals surface area contributed by atoms with Crippen LogP contribution in [0, 0.1) is 0 Å². The van der Waals surface area contributed by atoms with Gasteiger partial charge in [-0.3, -0.25) is 9.78 Å². The molecule has 2 aromatic heterocycles. The number of hydrogen-bond acceptors (Lipinski definition) is 5. The topological polar surface area (TPSA) is 88.3 Å². The molecule has 1 atom stereocenters. The van der Waals surface area contributed by atoms with Crippen molar-refractivity contribution in [1.82, 2.24) is 20.6 Å². The van der Waals surface area contributed by atoms with Gasteiger partial charge in [0.2, 0.25) is 6.41 Å². The van der Waals surface area contributed by atoms with E-state index >= 15 is 0 Å². The molecule has 4 heterocycles. The van der Waals surface area contributed by atoms with Crippen molar-refractivity contribution in [3.05, 3.63) is 30.2 Å². The molecular weight excluding hydrogens is 296 g/mol. The summed E-state index contributed by atoms with van der Waals surface area (Å²) in [4.78, 5) is 17.2. The third-order valence-corrected chi connectivity index (χ3v) is 4.00.